The van der Waals surface area contributed by atoms with Gasteiger partial charge < -0.3 is 5.73 Å². The van der Waals surface area contributed by atoms with Crippen molar-refractivity contribution >= 4 is 28.1 Å². The maximum absolute atomic E-state index is 11.8. The van der Waals surface area contributed by atoms with Crippen LogP contribution in [0.4, 0.5) is 10.8 Å². The topological polar surface area (TPSA) is 80.9 Å². The zero-order valence-electron chi connectivity index (χ0n) is 8.60. The number of nitrogens with one attached hydrogen (secondary N) is 1. The van der Waals surface area contributed by atoms with Crippen molar-refractivity contribution in [3.8, 4) is 0 Å². The van der Waals surface area contributed by atoms with Gasteiger partial charge in [-0.05, 0) is 19.1 Å². The van der Waals surface area contributed by atoms with Gasteiger partial charge in [0.25, 0.3) is 5.91 Å². The second-order valence-electron chi connectivity index (χ2n) is 3.17. The third-order valence-electron chi connectivity index (χ3n) is 1.90. The van der Waals surface area contributed by atoms with Crippen LogP contribution in [-0.2, 0) is 0 Å². The van der Waals surface area contributed by atoms with Gasteiger partial charge >= 0.3 is 0 Å². The predicted octanol–water partition coefficient (Wildman–Crippen LogP) is 1.68. The summed E-state index contributed by atoms with van der Waals surface area (Å²) in [5.41, 5.74) is 6.21. The van der Waals surface area contributed by atoms with Gasteiger partial charge in [0.15, 0.2) is 10.8 Å². The number of nitrogen functional groups attached to an aromatic ring is 1. The lowest BCUT2D eigenvalue weighted by molar-refractivity contribution is 0.102. The summed E-state index contributed by atoms with van der Waals surface area (Å²) in [7, 11) is 0. The Morgan fingerprint density at radius 1 is 1.50 bits per heavy atom. The van der Waals surface area contributed by atoms with Crippen molar-refractivity contribution in [1.29, 1.82) is 0 Å². The van der Waals surface area contributed by atoms with E-state index in [1.807, 2.05) is 6.92 Å². The van der Waals surface area contributed by atoms with Crippen LogP contribution in [0.1, 0.15) is 15.4 Å². The SMILES string of the molecule is Cc1cnc(NC(=O)c2ncccc2N)s1. The standard InChI is InChI=1S/C10H10N4OS/c1-6-5-13-10(16-6)14-9(15)8-7(11)3-2-4-12-8/h2-5H,11H2,1H3,(H,13,14,15). The van der Waals surface area contributed by atoms with Gasteiger partial charge in [-0.15, -0.1) is 11.3 Å². The lowest BCUT2D eigenvalue weighted by atomic mass is 10.3. The first kappa shape index (κ1) is 10.6. The van der Waals surface area contributed by atoms with Gasteiger partial charge in [0.05, 0.1) is 5.69 Å². The highest BCUT2D eigenvalue weighted by Gasteiger charge is 2.12. The van der Waals surface area contributed by atoms with Gasteiger partial charge in [0, 0.05) is 17.3 Å². The van der Waals surface area contributed by atoms with Crippen LogP contribution in [0.2, 0.25) is 0 Å². The third-order valence-corrected chi connectivity index (χ3v) is 2.72. The summed E-state index contributed by atoms with van der Waals surface area (Å²) in [6, 6.07) is 3.31. The molecule has 0 unspecified atom stereocenters. The molecule has 0 atom stereocenters. The number of anilines is 2. The molecular formula is C10H10N4OS. The quantitative estimate of drug-likeness (QED) is 0.828. The lowest BCUT2D eigenvalue weighted by Crippen LogP contribution is -2.15. The monoisotopic (exact) mass is 234 g/mol. The van der Waals surface area contributed by atoms with Crippen LogP contribution in [0.25, 0.3) is 0 Å². The van der Waals surface area contributed by atoms with Crippen LogP contribution in [0, 0.1) is 6.92 Å². The molecule has 3 N–H and O–H groups in total. The molecule has 2 heterocycles. The fourth-order valence-electron chi connectivity index (χ4n) is 1.18. The second-order valence-corrected chi connectivity index (χ2v) is 4.41. The Labute approximate surface area is 96.3 Å². The Hall–Kier alpha value is -1.95. The van der Waals surface area contributed by atoms with Crippen LogP contribution >= 0.6 is 11.3 Å². The Morgan fingerprint density at radius 3 is 2.94 bits per heavy atom. The molecule has 0 bridgehead atoms. The van der Waals surface area contributed by atoms with Crippen molar-refractivity contribution in [3.63, 3.8) is 0 Å². The summed E-state index contributed by atoms with van der Waals surface area (Å²) >= 11 is 1.40. The average molecular weight is 234 g/mol. The van der Waals surface area contributed by atoms with Gasteiger partial charge in [-0.25, -0.2) is 9.97 Å². The Kier molecular flexibility index (Phi) is 2.82. The first-order valence-electron chi connectivity index (χ1n) is 4.61. The highest BCUT2D eigenvalue weighted by Crippen LogP contribution is 2.18. The van der Waals surface area contributed by atoms with E-state index >= 15 is 0 Å². The number of hydrogen-bond donors (Lipinski definition) is 2. The minimum atomic E-state index is -0.340. The zero-order valence-corrected chi connectivity index (χ0v) is 9.41. The van der Waals surface area contributed by atoms with E-state index in [-0.39, 0.29) is 11.6 Å². The number of nitrogens with two attached hydrogens (primary N) is 1. The highest BCUT2D eigenvalue weighted by atomic mass is 32.1. The molecular weight excluding hydrogens is 224 g/mol. The largest absolute Gasteiger partial charge is 0.397 e. The predicted molar refractivity (Wildman–Crippen MR) is 63.5 cm³/mol. The van der Waals surface area contributed by atoms with E-state index in [1.54, 1.807) is 18.3 Å². The molecule has 5 nitrogen and oxygen atoms in total. The summed E-state index contributed by atoms with van der Waals surface area (Å²) < 4.78 is 0. The highest BCUT2D eigenvalue weighted by molar-refractivity contribution is 7.15. The van der Waals surface area contributed by atoms with Gasteiger partial charge in [0.1, 0.15) is 0 Å². The molecule has 0 aliphatic rings. The van der Waals surface area contributed by atoms with Crippen molar-refractivity contribution in [2.45, 2.75) is 6.92 Å². The summed E-state index contributed by atoms with van der Waals surface area (Å²) in [5, 5.41) is 3.19. The molecule has 0 saturated heterocycles. The number of carbonyl (C=O) groups excluding carboxylic acids is 1. The molecule has 0 fully saturated rings. The van der Waals surface area contributed by atoms with E-state index < -0.39 is 0 Å². The van der Waals surface area contributed by atoms with E-state index in [1.165, 1.54) is 17.5 Å². The number of hydrogen-bond acceptors (Lipinski definition) is 5. The molecule has 0 radical (unpaired) electrons. The number of thiazole rings is 1. The summed E-state index contributed by atoms with van der Waals surface area (Å²) in [5.74, 6) is -0.340. The number of amides is 1. The fraction of sp³-hybridized carbons (Fsp3) is 0.100. The summed E-state index contributed by atoms with van der Waals surface area (Å²) in [6.07, 6.45) is 3.22. The average Bonchev–Trinajstić information content (AvgIpc) is 2.64. The zero-order chi connectivity index (χ0) is 11.5. The summed E-state index contributed by atoms with van der Waals surface area (Å²) in [6.45, 7) is 1.92. The Bertz CT molecular complexity index is 523. The number of rotatable bonds is 2. The van der Waals surface area contributed by atoms with E-state index in [0.717, 1.165) is 4.88 Å². The fourth-order valence-corrected chi connectivity index (χ4v) is 1.84. The minimum Gasteiger partial charge on any atom is -0.397 e. The molecule has 0 spiro atoms. The number of carbonyl (C=O) groups is 1. The number of nitrogens with zero attached hydrogens (tertiary/aromatic N) is 2. The van der Waals surface area contributed by atoms with E-state index in [9.17, 15) is 4.79 Å². The second kappa shape index (κ2) is 4.28. The van der Waals surface area contributed by atoms with Crippen molar-refractivity contribution in [3.05, 3.63) is 35.1 Å². The van der Waals surface area contributed by atoms with Crippen LogP contribution in [-0.4, -0.2) is 15.9 Å². The molecule has 2 aromatic heterocycles. The van der Waals surface area contributed by atoms with Crippen LogP contribution in [0.3, 0.4) is 0 Å². The maximum atomic E-state index is 11.8. The molecule has 0 aliphatic carbocycles. The van der Waals surface area contributed by atoms with Gasteiger partial charge in [-0.1, -0.05) is 0 Å². The summed E-state index contributed by atoms with van der Waals surface area (Å²) in [4.78, 5) is 20.7. The first-order valence-corrected chi connectivity index (χ1v) is 5.43. The minimum absolute atomic E-state index is 0.218. The Morgan fingerprint density at radius 2 is 2.31 bits per heavy atom. The Balaban J connectivity index is 2.18. The number of aromatic nitrogens is 2. The molecule has 82 valence electrons. The molecule has 16 heavy (non-hydrogen) atoms. The van der Waals surface area contributed by atoms with Gasteiger partial charge in [0.2, 0.25) is 0 Å². The third kappa shape index (κ3) is 2.17. The molecule has 0 aromatic carbocycles. The molecule has 2 aromatic rings. The van der Waals surface area contributed by atoms with Gasteiger partial charge in [-0.2, -0.15) is 0 Å². The lowest BCUT2D eigenvalue weighted by Gasteiger charge is -2.02. The normalized spacial score (nSPS) is 10.1. The molecule has 2 rings (SSSR count). The smallest absolute Gasteiger partial charge is 0.278 e. The van der Waals surface area contributed by atoms with Crippen molar-refractivity contribution < 1.29 is 4.79 Å². The van der Waals surface area contributed by atoms with E-state index in [2.05, 4.69) is 15.3 Å². The van der Waals surface area contributed by atoms with Crippen LogP contribution in [0.15, 0.2) is 24.5 Å². The number of pyridine rings is 1. The molecule has 6 heteroatoms. The van der Waals surface area contributed by atoms with E-state index in [0.29, 0.717) is 10.8 Å². The first-order chi connectivity index (χ1) is 7.66. The molecule has 0 saturated carbocycles. The maximum Gasteiger partial charge on any atom is 0.278 e. The number of aryl methyl sites for hydroxylation is 1. The molecule has 1 amide bonds. The van der Waals surface area contributed by atoms with Crippen molar-refractivity contribution in [1.82, 2.24) is 9.97 Å². The van der Waals surface area contributed by atoms with Crippen LogP contribution < -0.4 is 11.1 Å². The van der Waals surface area contributed by atoms with Crippen molar-refractivity contribution in [2.24, 2.45) is 0 Å². The van der Waals surface area contributed by atoms with Gasteiger partial charge in [-0.3, -0.25) is 10.1 Å². The van der Waals surface area contributed by atoms with E-state index in [4.69, 9.17) is 5.73 Å². The van der Waals surface area contributed by atoms with Crippen LogP contribution in [0.5, 0.6) is 0 Å². The molecule has 0 aliphatic heterocycles. The van der Waals surface area contributed by atoms with Crippen molar-refractivity contribution in [2.75, 3.05) is 11.1 Å².